The fourth-order valence-corrected chi connectivity index (χ4v) is 9.14. The van der Waals surface area contributed by atoms with Crippen molar-refractivity contribution in [2.24, 2.45) is 5.41 Å². The molecule has 0 N–H and O–H groups in total. The Labute approximate surface area is 382 Å². The van der Waals surface area contributed by atoms with Crippen molar-refractivity contribution in [1.29, 1.82) is 0 Å². The summed E-state index contributed by atoms with van der Waals surface area (Å²) in [4.78, 5) is 15.5. The van der Waals surface area contributed by atoms with Crippen LogP contribution in [0.15, 0.2) is 24.3 Å². The van der Waals surface area contributed by atoms with Gasteiger partial charge in [0.1, 0.15) is 0 Å². The van der Waals surface area contributed by atoms with E-state index in [-0.39, 0.29) is 5.97 Å². The molecule has 61 heavy (non-hydrogen) atoms. The Balaban J connectivity index is 4.58. The van der Waals surface area contributed by atoms with Crippen molar-refractivity contribution in [1.82, 2.24) is 4.90 Å². The van der Waals surface area contributed by atoms with E-state index in [1.54, 1.807) is 0 Å². The summed E-state index contributed by atoms with van der Waals surface area (Å²) in [6.07, 6.45) is 55.0. The zero-order chi connectivity index (χ0) is 45.0. The van der Waals surface area contributed by atoms with Crippen LogP contribution in [0, 0.1) is 17.8 Å². The molecule has 1 atom stereocenters. The molecule has 1 unspecified atom stereocenters. The van der Waals surface area contributed by atoms with Gasteiger partial charge >= 0.3 is 14.5 Å². The molecule has 0 heterocycles. The smallest absolute Gasteiger partial charge is 0.333 e. The van der Waals surface area contributed by atoms with Crippen molar-refractivity contribution in [3.63, 3.8) is 0 Å². The minimum absolute atomic E-state index is 0.164. The van der Waals surface area contributed by atoms with Gasteiger partial charge in [0, 0.05) is 19.6 Å². The van der Waals surface area contributed by atoms with Gasteiger partial charge in [-0.05, 0) is 118 Å². The molecular weight excluding hydrogens is 771 g/mol. The normalized spacial score (nSPS) is 12.9. The van der Waals surface area contributed by atoms with Crippen LogP contribution in [0.1, 0.15) is 240 Å². The van der Waals surface area contributed by atoms with Crippen LogP contribution in [0.5, 0.6) is 0 Å². The molecule has 358 valence electrons. The van der Waals surface area contributed by atoms with Gasteiger partial charge in [0.25, 0.3) is 0 Å². The summed E-state index contributed by atoms with van der Waals surface area (Å²) in [5.74, 6) is 2.55. The highest BCUT2D eigenvalue weighted by Crippen LogP contribution is 2.29. The number of esters is 1. The molecule has 6 nitrogen and oxygen atoms in total. The molecule has 0 amide bonds. The van der Waals surface area contributed by atoms with E-state index in [9.17, 15) is 4.79 Å². The maximum Gasteiger partial charge on any atom is 0.333 e. The molecule has 0 aliphatic heterocycles. The molecule has 7 heteroatoms. The molecule has 0 aromatic carbocycles. The monoisotopic (exact) mass is 874 g/mol. The number of carbonyl (C=O) groups is 1. The summed E-state index contributed by atoms with van der Waals surface area (Å²) in [6, 6.07) is 0. The fourth-order valence-electron chi connectivity index (χ4n) is 7.65. The summed E-state index contributed by atoms with van der Waals surface area (Å²) >= 11 is 0. The van der Waals surface area contributed by atoms with Gasteiger partial charge < -0.3 is 18.3 Å². The zero-order valence-electron chi connectivity index (χ0n) is 41.8. The fraction of sp³-hybridized carbons (Fsp3) is 0.870. The number of nitrogens with zero attached hydrogens (tertiary/aromatic N) is 1. The second-order valence-electron chi connectivity index (χ2n) is 19.1. The average Bonchev–Trinajstić information content (AvgIpc) is 3.22. The van der Waals surface area contributed by atoms with E-state index in [1.165, 1.54) is 154 Å². The second kappa shape index (κ2) is 43.8. The number of hydrogen-bond donors (Lipinski definition) is 0. The van der Waals surface area contributed by atoms with E-state index < -0.39 is 20.3 Å². The quantitative estimate of drug-likeness (QED) is 0.0152. The molecule has 0 radical (unpaired) electrons. The Morgan fingerprint density at radius 3 is 1.44 bits per heavy atom. The number of allylic oxidation sites excluding steroid dienone is 4. The van der Waals surface area contributed by atoms with Crippen LogP contribution < -0.4 is 0 Å². The van der Waals surface area contributed by atoms with Gasteiger partial charge in [0.05, 0.1) is 18.6 Å². The van der Waals surface area contributed by atoms with E-state index >= 15 is 0 Å². The van der Waals surface area contributed by atoms with Gasteiger partial charge in [-0.2, -0.15) is 0 Å². The summed E-state index contributed by atoms with van der Waals surface area (Å²) in [5.41, 5.74) is -0.715. The highest BCUT2D eigenvalue weighted by Gasteiger charge is 2.37. The first kappa shape index (κ1) is 59.6. The van der Waals surface area contributed by atoms with Gasteiger partial charge in [-0.25, -0.2) is 0 Å². The first-order valence-electron chi connectivity index (χ1n) is 26.1. The van der Waals surface area contributed by atoms with Gasteiger partial charge in [0.15, 0.2) is 6.29 Å². The third-order valence-corrected chi connectivity index (χ3v) is 13.5. The van der Waals surface area contributed by atoms with E-state index in [1.807, 2.05) is 13.8 Å². The van der Waals surface area contributed by atoms with Crippen molar-refractivity contribution in [3.8, 4) is 12.3 Å². The zero-order valence-corrected chi connectivity index (χ0v) is 42.8. The van der Waals surface area contributed by atoms with Gasteiger partial charge in [-0.1, -0.05) is 172 Å². The SMILES string of the molecule is C#CCN(C)CCCCCCO[Si](C)(C)OC(CC(C)(C)C(=O)OCCCCCCCC/C=C\CCCCCCCC)OCCCCCCCC/C=C\CCCCCCCC. The molecule has 0 fully saturated rings. The predicted molar refractivity (Wildman–Crippen MR) is 267 cm³/mol. The lowest BCUT2D eigenvalue weighted by Crippen LogP contribution is -2.43. The van der Waals surface area contributed by atoms with Crippen LogP contribution >= 0.6 is 0 Å². The molecule has 0 aromatic rings. The molecule has 0 aliphatic rings. The summed E-state index contributed by atoms with van der Waals surface area (Å²) in [7, 11) is -0.417. The first-order chi connectivity index (χ1) is 29.6. The topological polar surface area (TPSA) is 57.2 Å². The van der Waals surface area contributed by atoms with E-state index in [0.717, 1.165) is 57.9 Å². The highest BCUT2D eigenvalue weighted by atomic mass is 28.4. The molecule has 0 rings (SSSR count). The lowest BCUT2D eigenvalue weighted by Gasteiger charge is -2.33. The highest BCUT2D eigenvalue weighted by molar-refractivity contribution is 6.64. The predicted octanol–water partition coefficient (Wildman–Crippen LogP) is 16.2. The number of hydrogen-bond acceptors (Lipinski definition) is 6. The standard InChI is InChI=1S/C54H103NO5Si/c1-9-12-14-16-18-20-22-24-26-28-30-32-34-36-39-43-48-57-52(60-61(7,8)59-50-45-41-38-42-47-55(6)46-11-3)51-54(4,5)53(56)58-49-44-40-37-35-33-31-29-27-25-23-21-19-17-15-13-10-2/h3,24-27,52H,9-10,12-23,28-51H2,1-2,4-8H3/b26-24-,27-25-. The maximum atomic E-state index is 13.4. The molecule has 0 aliphatic carbocycles. The van der Waals surface area contributed by atoms with Crippen LogP contribution in [-0.2, 0) is 23.1 Å². The van der Waals surface area contributed by atoms with E-state index in [4.69, 9.17) is 24.7 Å². The van der Waals surface area contributed by atoms with Gasteiger partial charge in [-0.3, -0.25) is 9.69 Å². The lowest BCUT2D eigenvalue weighted by molar-refractivity contribution is -0.164. The van der Waals surface area contributed by atoms with E-state index in [2.05, 4.69) is 69.1 Å². The Morgan fingerprint density at radius 1 is 0.590 bits per heavy atom. The molecule has 0 saturated heterocycles. The third kappa shape index (κ3) is 42.3. The lowest BCUT2D eigenvalue weighted by atomic mass is 9.89. The van der Waals surface area contributed by atoms with Crippen molar-refractivity contribution < 1.29 is 23.1 Å². The van der Waals surface area contributed by atoms with Crippen LogP contribution in [0.3, 0.4) is 0 Å². The van der Waals surface area contributed by atoms with Crippen molar-refractivity contribution >= 4 is 14.5 Å². The minimum Gasteiger partial charge on any atom is -0.465 e. The Kier molecular flexibility index (Phi) is 42.8. The van der Waals surface area contributed by atoms with Crippen molar-refractivity contribution in [2.45, 2.75) is 259 Å². The second-order valence-corrected chi connectivity index (χ2v) is 22.4. The molecule has 0 bridgehead atoms. The molecule has 0 spiro atoms. The number of rotatable bonds is 47. The van der Waals surface area contributed by atoms with Crippen LogP contribution in [0.4, 0.5) is 0 Å². The Hall–Kier alpha value is -1.43. The average molecular weight is 875 g/mol. The number of unbranched alkanes of at least 4 members (excludes halogenated alkanes) is 27. The summed E-state index contributed by atoms with van der Waals surface area (Å²) in [5, 5.41) is 0. The molecular formula is C54H103NO5Si. The van der Waals surface area contributed by atoms with Crippen LogP contribution in [0.25, 0.3) is 0 Å². The van der Waals surface area contributed by atoms with Crippen molar-refractivity contribution in [3.05, 3.63) is 24.3 Å². The number of carbonyl (C=O) groups excluding carboxylic acids is 1. The molecule has 0 saturated carbocycles. The van der Waals surface area contributed by atoms with Crippen molar-refractivity contribution in [2.75, 3.05) is 40.0 Å². The van der Waals surface area contributed by atoms with Gasteiger partial charge in [0.2, 0.25) is 0 Å². The van der Waals surface area contributed by atoms with Crippen LogP contribution in [0.2, 0.25) is 13.1 Å². The first-order valence-corrected chi connectivity index (χ1v) is 28.9. The minimum atomic E-state index is -2.49. The largest absolute Gasteiger partial charge is 0.465 e. The number of terminal acetylenes is 1. The van der Waals surface area contributed by atoms with E-state index in [0.29, 0.717) is 32.8 Å². The summed E-state index contributed by atoms with van der Waals surface area (Å²) in [6.45, 7) is 16.2. The Morgan fingerprint density at radius 2 is 0.984 bits per heavy atom. The molecule has 0 aromatic heterocycles. The summed E-state index contributed by atoms with van der Waals surface area (Å²) < 4.78 is 25.3. The van der Waals surface area contributed by atoms with Crippen LogP contribution in [-0.4, -0.2) is 65.7 Å². The maximum absolute atomic E-state index is 13.4. The Bertz CT molecular complexity index is 1050. The third-order valence-electron chi connectivity index (χ3n) is 11.7. The van der Waals surface area contributed by atoms with Gasteiger partial charge in [-0.15, -0.1) is 6.42 Å². The number of ether oxygens (including phenoxy) is 2.